The van der Waals surface area contributed by atoms with Crippen molar-refractivity contribution in [1.29, 1.82) is 0 Å². The lowest BCUT2D eigenvalue weighted by Crippen LogP contribution is -2.50. The number of nitrogens with zero attached hydrogens (tertiary/aromatic N) is 2. The molecule has 0 aromatic heterocycles. The van der Waals surface area contributed by atoms with Crippen molar-refractivity contribution in [2.45, 2.75) is 53.0 Å². The Morgan fingerprint density at radius 2 is 1.40 bits per heavy atom. The van der Waals surface area contributed by atoms with E-state index in [-0.39, 0.29) is 54.1 Å². The Morgan fingerprint density at radius 3 is 1.94 bits per heavy atom. The molecule has 14 heteroatoms. The van der Waals surface area contributed by atoms with Crippen molar-refractivity contribution in [2.75, 3.05) is 63.5 Å². The monoisotopic (exact) mass is 733 g/mol. The topological polar surface area (TPSA) is 176 Å². The smallest absolute Gasteiger partial charge is 0.323 e. The van der Waals surface area contributed by atoms with Crippen molar-refractivity contribution in [3.8, 4) is 17.2 Å². The predicted molar refractivity (Wildman–Crippen MR) is 203 cm³/mol. The van der Waals surface area contributed by atoms with E-state index in [0.29, 0.717) is 23.5 Å². The number of aliphatic carboxylic acids is 1. The number of ketones is 1. The average molecular weight is 734 g/mol. The third-order valence-electron chi connectivity index (χ3n) is 8.47. The highest BCUT2D eigenvalue weighted by molar-refractivity contribution is 6.01. The summed E-state index contributed by atoms with van der Waals surface area (Å²) in [6.45, 7) is 8.56. The normalized spacial score (nSPS) is 11.0. The van der Waals surface area contributed by atoms with Crippen molar-refractivity contribution in [2.24, 2.45) is 5.92 Å². The number of Topliss-reactive ketones (excluding diaryl/α,β-unsaturated/α-hetero) is 1. The Hall–Kier alpha value is -5.79. The SMILES string of the molecule is COc1cc(C(=O)N(CCC(=O)O)CC(=O)N(CCC(C)C)CC(=O)C(C)(C)Nc2ccc(NC(=O)Nc3ccccc3C)cc2)cc(OC)c1OC. The van der Waals surface area contributed by atoms with Gasteiger partial charge in [-0.05, 0) is 81.1 Å². The molecule has 3 aromatic rings. The van der Waals surface area contributed by atoms with E-state index in [4.69, 9.17) is 14.2 Å². The summed E-state index contributed by atoms with van der Waals surface area (Å²) in [5.41, 5.74) is 1.76. The second-order valence-electron chi connectivity index (χ2n) is 13.4. The van der Waals surface area contributed by atoms with Crippen LogP contribution in [0.4, 0.5) is 21.9 Å². The van der Waals surface area contributed by atoms with E-state index in [2.05, 4.69) is 16.0 Å². The first-order valence-electron chi connectivity index (χ1n) is 17.2. The van der Waals surface area contributed by atoms with Crippen molar-refractivity contribution >= 4 is 46.7 Å². The number of hydrogen-bond acceptors (Lipinski definition) is 9. The zero-order valence-electron chi connectivity index (χ0n) is 31.7. The quantitative estimate of drug-likeness (QED) is 0.116. The number of para-hydroxylation sites is 1. The number of hydrogen-bond donors (Lipinski definition) is 4. The predicted octanol–water partition coefficient (Wildman–Crippen LogP) is 5.92. The summed E-state index contributed by atoms with van der Waals surface area (Å²) in [5, 5.41) is 18.2. The highest BCUT2D eigenvalue weighted by atomic mass is 16.5. The zero-order valence-corrected chi connectivity index (χ0v) is 31.7. The Labute approximate surface area is 310 Å². The van der Waals surface area contributed by atoms with Crippen LogP contribution in [0.5, 0.6) is 17.2 Å². The minimum Gasteiger partial charge on any atom is -0.493 e. The molecule has 0 radical (unpaired) electrons. The van der Waals surface area contributed by atoms with Gasteiger partial charge >= 0.3 is 12.0 Å². The van der Waals surface area contributed by atoms with Gasteiger partial charge in [0.15, 0.2) is 17.3 Å². The Morgan fingerprint density at radius 1 is 0.792 bits per heavy atom. The number of carboxylic acid groups (broad SMARTS) is 1. The lowest BCUT2D eigenvalue weighted by Gasteiger charge is -2.32. The molecular formula is C39H51N5O9. The van der Waals surface area contributed by atoms with Gasteiger partial charge < -0.3 is 45.1 Å². The summed E-state index contributed by atoms with van der Waals surface area (Å²) in [6.07, 6.45) is 0.186. The number of amides is 4. The van der Waals surface area contributed by atoms with Crippen LogP contribution in [0.2, 0.25) is 0 Å². The number of carboxylic acids is 1. The largest absolute Gasteiger partial charge is 0.493 e. The number of rotatable bonds is 19. The number of urea groups is 1. The van der Waals surface area contributed by atoms with Crippen LogP contribution in [0, 0.1) is 12.8 Å². The first-order chi connectivity index (χ1) is 25.1. The van der Waals surface area contributed by atoms with Crippen LogP contribution in [0.3, 0.4) is 0 Å². The van der Waals surface area contributed by atoms with Gasteiger partial charge in [0.25, 0.3) is 5.91 Å². The van der Waals surface area contributed by atoms with E-state index in [0.717, 1.165) is 10.5 Å². The summed E-state index contributed by atoms with van der Waals surface area (Å²) >= 11 is 0. The first-order valence-corrected chi connectivity index (χ1v) is 17.2. The molecule has 286 valence electrons. The molecular weight excluding hydrogens is 682 g/mol. The van der Waals surface area contributed by atoms with Crippen LogP contribution in [0.1, 0.15) is 56.5 Å². The fourth-order valence-electron chi connectivity index (χ4n) is 5.28. The van der Waals surface area contributed by atoms with E-state index in [1.165, 1.54) is 38.4 Å². The lowest BCUT2D eigenvalue weighted by molar-refractivity contribution is -0.139. The van der Waals surface area contributed by atoms with Crippen molar-refractivity contribution in [3.63, 3.8) is 0 Å². The second kappa shape index (κ2) is 19.2. The lowest BCUT2D eigenvalue weighted by atomic mass is 9.97. The molecule has 3 aromatic carbocycles. The molecule has 0 fully saturated rings. The molecule has 0 heterocycles. The minimum atomic E-state index is -1.14. The number of aryl methyl sites for hydroxylation is 1. The van der Waals surface area contributed by atoms with Crippen molar-refractivity contribution in [3.05, 3.63) is 71.8 Å². The standard InChI is InChI=1S/C39H51N5O9/c1-25(2)17-19-43(34(46)24-44(20-18-35(47)48)37(49)27-21-31(51-6)36(53-8)32(22-27)52-7)23-33(45)39(4,5)42-29-15-13-28(14-16-29)40-38(50)41-30-12-10-9-11-26(30)3/h9-16,21-22,25,42H,17-20,23-24H2,1-8H3,(H,47,48)(H2,40,41,50). The van der Waals surface area contributed by atoms with Gasteiger partial charge in [-0.2, -0.15) is 0 Å². The van der Waals surface area contributed by atoms with Gasteiger partial charge in [-0.25, -0.2) is 4.79 Å². The molecule has 0 saturated heterocycles. The fourth-order valence-corrected chi connectivity index (χ4v) is 5.28. The summed E-state index contributed by atoms with van der Waals surface area (Å²) < 4.78 is 16.1. The van der Waals surface area contributed by atoms with Crippen LogP contribution in [0.15, 0.2) is 60.7 Å². The maximum Gasteiger partial charge on any atom is 0.323 e. The minimum absolute atomic E-state index is 0.0981. The van der Waals surface area contributed by atoms with Gasteiger partial charge in [0.1, 0.15) is 6.54 Å². The molecule has 0 bridgehead atoms. The van der Waals surface area contributed by atoms with Crippen LogP contribution in [-0.4, -0.2) is 97.6 Å². The van der Waals surface area contributed by atoms with Crippen LogP contribution in [0.25, 0.3) is 0 Å². The number of nitrogens with one attached hydrogen (secondary N) is 3. The molecule has 0 aliphatic carbocycles. The maximum absolute atomic E-state index is 13.9. The molecule has 0 aliphatic rings. The van der Waals surface area contributed by atoms with Gasteiger partial charge in [-0.3, -0.25) is 19.2 Å². The zero-order chi connectivity index (χ0) is 39.3. The van der Waals surface area contributed by atoms with E-state index >= 15 is 0 Å². The Kier molecular flexibility index (Phi) is 15.0. The number of carbonyl (C=O) groups is 5. The molecule has 0 saturated carbocycles. The summed E-state index contributed by atoms with van der Waals surface area (Å²) in [7, 11) is 4.23. The summed E-state index contributed by atoms with van der Waals surface area (Å²) in [6, 6.07) is 16.8. The van der Waals surface area contributed by atoms with E-state index in [1.807, 2.05) is 45.0 Å². The van der Waals surface area contributed by atoms with Gasteiger partial charge in [0.2, 0.25) is 11.7 Å². The van der Waals surface area contributed by atoms with E-state index in [9.17, 15) is 29.1 Å². The number of benzene rings is 3. The molecule has 14 nitrogen and oxygen atoms in total. The maximum atomic E-state index is 13.9. The fraction of sp³-hybridized carbons (Fsp3) is 0.410. The molecule has 0 aliphatic heterocycles. The first kappa shape index (κ1) is 41.6. The number of carbonyl (C=O) groups excluding carboxylic acids is 4. The number of anilines is 3. The Bertz CT molecular complexity index is 1730. The summed E-state index contributed by atoms with van der Waals surface area (Å²) in [4.78, 5) is 68.1. The van der Waals surface area contributed by atoms with Gasteiger partial charge in [0.05, 0.1) is 39.8 Å². The van der Waals surface area contributed by atoms with Crippen LogP contribution in [-0.2, 0) is 14.4 Å². The van der Waals surface area contributed by atoms with E-state index < -0.39 is 42.3 Å². The van der Waals surface area contributed by atoms with Crippen molar-refractivity contribution < 1.29 is 43.3 Å². The average Bonchev–Trinajstić information content (AvgIpc) is 3.11. The van der Waals surface area contributed by atoms with Crippen molar-refractivity contribution in [1.82, 2.24) is 9.80 Å². The van der Waals surface area contributed by atoms with E-state index in [1.54, 1.807) is 38.1 Å². The highest BCUT2D eigenvalue weighted by Crippen LogP contribution is 2.38. The third-order valence-corrected chi connectivity index (χ3v) is 8.47. The highest BCUT2D eigenvalue weighted by Gasteiger charge is 2.32. The van der Waals surface area contributed by atoms with Gasteiger partial charge in [0, 0.05) is 35.7 Å². The molecule has 3 rings (SSSR count). The second-order valence-corrected chi connectivity index (χ2v) is 13.4. The molecule has 4 amide bonds. The summed E-state index contributed by atoms with van der Waals surface area (Å²) in [5.74, 6) is -1.66. The van der Waals surface area contributed by atoms with Gasteiger partial charge in [-0.15, -0.1) is 0 Å². The van der Waals surface area contributed by atoms with Gasteiger partial charge in [-0.1, -0.05) is 32.0 Å². The third kappa shape index (κ3) is 12.2. The Balaban J connectivity index is 1.75. The molecule has 53 heavy (non-hydrogen) atoms. The molecule has 0 spiro atoms. The molecule has 0 atom stereocenters. The number of ether oxygens (including phenoxy) is 3. The molecule has 4 N–H and O–H groups in total. The van der Waals surface area contributed by atoms with Crippen LogP contribution < -0.4 is 30.2 Å². The number of methoxy groups -OCH3 is 3. The van der Waals surface area contributed by atoms with Crippen LogP contribution >= 0.6 is 0 Å². The molecule has 0 unspecified atom stereocenters.